The van der Waals surface area contributed by atoms with Gasteiger partial charge in [-0.05, 0) is 25.5 Å². The fourth-order valence-electron chi connectivity index (χ4n) is 4.31. The van der Waals surface area contributed by atoms with E-state index in [4.69, 9.17) is 15.2 Å². The maximum Gasteiger partial charge on any atom is 0.409 e. The summed E-state index contributed by atoms with van der Waals surface area (Å²) < 4.78 is 10.7. The molecule has 3 amide bonds. The van der Waals surface area contributed by atoms with Crippen molar-refractivity contribution in [1.82, 2.24) is 10.2 Å². The Labute approximate surface area is 174 Å². The quantitative estimate of drug-likeness (QED) is 0.396. The summed E-state index contributed by atoms with van der Waals surface area (Å²) >= 11 is 0. The van der Waals surface area contributed by atoms with E-state index in [2.05, 4.69) is 12.2 Å². The van der Waals surface area contributed by atoms with Gasteiger partial charge in [0, 0.05) is 6.92 Å². The summed E-state index contributed by atoms with van der Waals surface area (Å²) in [7, 11) is 0. The largest absolute Gasteiger partial charge is 0.454 e. The number of ether oxygens (including phenoxy) is 2. The molecule has 3 rings (SSSR count). The Kier molecular flexibility index (Phi) is 6.00. The number of esters is 1. The van der Waals surface area contributed by atoms with E-state index in [0.717, 1.165) is 19.3 Å². The molecule has 2 aliphatic rings. The molecule has 1 aromatic carbocycles. The number of primary amides is 1. The van der Waals surface area contributed by atoms with E-state index in [1.165, 1.54) is 24.0 Å². The molecular formula is C21H27N3O6. The van der Waals surface area contributed by atoms with Gasteiger partial charge in [0.05, 0.1) is 17.2 Å². The van der Waals surface area contributed by atoms with Crippen molar-refractivity contribution in [2.75, 3.05) is 0 Å². The van der Waals surface area contributed by atoms with Crippen molar-refractivity contribution in [3.8, 4) is 0 Å². The summed E-state index contributed by atoms with van der Waals surface area (Å²) in [5.41, 5.74) is 4.44. The van der Waals surface area contributed by atoms with E-state index in [-0.39, 0.29) is 11.1 Å². The predicted octanol–water partition coefficient (Wildman–Crippen LogP) is 1.95. The lowest BCUT2D eigenvalue weighted by Crippen LogP contribution is -2.62. The van der Waals surface area contributed by atoms with Gasteiger partial charge in [-0.2, -0.15) is 0 Å². The molecular weight excluding hydrogens is 390 g/mol. The summed E-state index contributed by atoms with van der Waals surface area (Å²) in [4.78, 5) is 50.8. The van der Waals surface area contributed by atoms with Crippen LogP contribution in [-0.4, -0.2) is 52.7 Å². The number of nitrogens with zero attached hydrogens (tertiary/aromatic N) is 1. The molecule has 0 saturated carbocycles. The highest BCUT2D eigenvalue weighted by atomic mass is 16.6. The Morgan fingerprint density at radius 1 is 1.23 bits per heavy atom. The zero-order valence-electron chi connectivity index (χ0n) is 17.3. The molecule has 2 saturated heterocycles. The molecule has 0 aliphatic carbocycles. The highest BCUT2D eigenvalue weighted by Gasteiger charge is 2.74. The van der Waals surface area contributed by atoms with Gasteiger partial charge >= 0.3 is 12.1 Å². The number of amides is 3. The summed E-state index contributed by atoms with van der Waals surface area (Å²) in [6, 6.07) is 5.84. The average Bonchev–Trinajstić information content (AvgIpc) is 3.30. The maximum atomic E-state index is 13.5. The molecule has 9 heteroatoms. The van der Waals surface area contributed by atoms with E-state index in [9.17, 15) is 19.2 Å². The van der Waals surface area contributed by atoms with Crippen LogP contribution in [0.3, 0.4) is 0 Å². The standard InChI is InChI=1S/C21H27N3O6/c1-4-5-6-11-16-21(17(30-13(3)25)12(2)29-20(28)23-21)24(16)19(27)15-10-8-7-9-14(15)18(22)26/h7-10,12,16-17H,4-6,11H2,1-3H3,(H2,22,26)(H,23,28)/t12-,16?,17-,21?,24?/m0/s1. The lowest BCUT2D eigenvalue weighted by molar-refractivity contribution is -0.160. The third kappa shape index (κ3) is 3.71. The molecule has 0 aromatic heterocycles. The second kappa shape index (κ2) is 8.33. The maximum absolute atomic E-state index is 13.5. The van der Waals surface area contributed by atoms with Crippen LogP contribution in [0.2, 0.25) is 0 Å². The molecule has 2 aliphatic heterocycles. The van der Waals surface area contributed by atoms with Crippen molar-refractivity contribution in [3.05, 3.63) is 35.4 Å². The molecule has 0 radical (unpaired) electrons. The summed E-state index contributed by atoms with van der Waals surface area (Å²) in [6.45, 7) is 4.95. The zero-order valence-corrected chi connectivity index (χ0v) is 17.3. The molecule has 2 heterocycles. The first-order valence-corrected chi connectivity index (χ1v) is 10.1. The number of hydrogen-bond acceptors (Lipinski definition) is 6. The number of hydrogen-bond donors (Lipinski definition) is 2. The molecule has 4 atom stereocenters. The summed E-state index contributed by atoms with van der Waals surface area (Å²) in [6.07, 6.45) is 1.03. The van der Waals surface area contributed by atoms with Crippen LogP contribution in [0.1, 0.15) is 67.2 Å². The van der Waals surface area contributed by atoms with E-state index in [1.807, 2.05) is 0 Å². The van der Waals surface area contributed by atoms with Gasteiger partial charge in [-0.25, -0.2) is 4.79 Å². The SMILES string of the molecule is CCCCCC1N(C(=O)c2ccccc2C(N)=O)C12NC(=O)O[C@@H](C)[C@@H]2OC(C)=O. The van der Waals surface area contributed by atoms with Crippen LogP contribution in [-0.2, 0) is 14.3 Å². The molecule has 2 fully saturated rings. The zero-order chi connectivity index (χ0) is 22.1. The van der Waals surface area contributed by atoms with Crippen LogP contribution in [0, 0.1) is 0 Å². The first-order chi connectivity index (χ1) is 14.2. The van der Waals surface area contributed by atoms with Crippen molar-refractivity contribution in [3.63, 3.8) is 0 Å². The molecule has 162 valence electrons. The number of alkyl carbamates (subject to hydrolysis) is 1. The molecule has 3 N–H and O–H groups in total. The van der Waals surface area contributed by atoms with E-state index in [1.54, 1.807) is 19.1 Å². The van der Waals surface area contributed by atoms with Crippen LogP contribution >= 0.6 is 0 Å². The molecule has 1 aromatic rings. The minimum Gasteiger partial charge on any atom is -0.454 e. The fourth-order valence-corrected chi connectivity index (χ4v) is 4.31. The topological polar surface area (TPSA) is 128 Å². The number of nitrogens with one attached hydrogen (secondary N) is 1. The normalized spacial score (nSPS) is 27.2. The van der Waals surface area contributed by atoms with Gasteiger partial charge in [0.1, 0.15) is 6.10 Å². The molecule has 30 heavy (non-hydrogen) atoms. The van der Waals surface area contributed by atoms with Gasteiger partial charge < -0.3 is 20.1 Å². The molecule has 1 spiro atoms. The van der Waals surface area contributed by atoms with Crippen molar-refractivity contribution >= 4 is 23.9 Å². The number of cyclic esters (lactones) is 1. The first-order valence-electron chi connectivity index (χ1n) is 10.1. The average molecular weight is 417 g/mol. The van der Waals surface area contributed by atoms with Crippen LogP contribution < -0.4 is 11.1 Å². The highest BCUT2D eigenvalue weighted by Crippen LogP contribution is 2.49. The van der Waals surface area contributed by atoms with Crippen molar-refractivity contribution in [2.45, 2.75) is 70.4 Å². The number of nitrogens with two attached hydrogens (primary N) is 1. The molecule has 0 bridgehead atoms. The van der Waals surface area contributed by atoms with Crippen LogP contribution in [0.15, 0.2) is 24.3 Å². The Morgan fingerprint density at radius 2 is 1.90 bits per heavy atom. The lowest BCUT2D eigenvalue weighted by Gasteiger charge is -2.36. The van der Waals surface area contributed by atoms with Crippen molar-refractivity contribution in [2.24, 2.45) is 5.73 Å². The Balaban J connectivity index is 2.02. The van der Waals surface area contributed by atoms with Gasteiger partial charge in [0.2, 0.25) is 5.91 Å². The summed E-state index contributed by atoms with van der Waals surface area (Å²) in [5.74, 6) is -1.73. The fraction of sp³-hybridized carbons (Fsp3) is 0.524. The predicted molar refractivity (Wildman–Crippen MR) is 106 cm³/mol. The van der Waals surface area contributed by atoms with Gasteiger partial charge in [-0.3, -0.25) is 19.7 Å². The molecule has 9 nitrogen and oxygen atoms in total. The van der Waals surface area contributed by atoms with Crippen LogP contribution in [0.25, 0.3) is 0 Å². The number of carbonyl (C=O) groups excluding carboxylic acids is 4. The Hall–Kier alpha value is -3.10. The van der Waals surface area contributed by atoms with Crippen molar-refractivity contribution in [1.29, 1.82) is 0 Å². The second-order valence-corrected chi connectivity index (χ2v) is 7.69. The van der Waals surface area contributed by atoms with Gasteiger partial charge in [0.15, 0.2) is 11.8 Å². The minimum atomic E-state index is -1.23. The number of benzene rings is 1. The van der Waals surface area contributed by atoms with E-state index < -0.39 is 47.8 Å². The minimum absolute atomic E-state index is 0.0901. The Bertz CT molecular complexity index is 872. The van der Waals surface area contributed by atoms with Gasteiger partial charge in [0.25, 0.3) is 5.91 Å². The van der Waals surface area contributed by atoms with Crippen LogP contribution in [0.5, 0.6) is 0 Å². The van der Waals surface area contributed by atoms with Crippen molar-refractivity contribution < 1.29 is 28.7 Å². The van der Waals surface area contributed by atoms with Gasteiger partial charge in [-0.15, -0.1) is 0 Å². The number of unbranched alkanes of at least 4 members (excludes halogenated alkanes) is 2. The summed E-state index contributed by atoms with van der Waals surface area (Å²) in [5, 5.41) is 2.73. The van der Waals surface area contributed by atoms with E-state index >= 15 is 0 Å². The highest BCUT2D eigenvalue weighted by molar-refractivity contribution is 6.08. The lowest BCUT2D eigenvalue weighted by atomic mass is 9.98. The third-order valence-electron chi connectivity index (χ3n) is 5.62. The second-order valence-electron chi connectivity index (χ2n) is 7.69. The van der Waals surface area contributed by atoms with Crippen LogP contribution in [0.4, 0.5) is 4.79 Å². The van der Waals surface area contributed by atoms with Gasteiger partial charge in [-0.1, -0.05) is 38.3 Å². The Morgan fingerprint density at radius 3 is 2.50 bits per heavy atom. The monoisotopic (exact) mass is 417 g/mol. The van der Waals surface area contributed by atoms with E-state index in [0.29, 0.717) is 6.42 Å². The third-order valence-corrected chi connectivity index (χ3v) is 5.62. The first kappa shape index (κ1) is 21.6. The number of rotatable bonds is 7. The smallest absolute Gasteiger partial charge is 0.409 e. The molecule has 2 unspecified atom stereocenters. The number of carbonyl (C=O) groups is 4.